The maximum absolute atomic E-state index is 15.5. The van der Waals surface area contributed by atoms with Crippen LogP contribution >= 0.6 is 11.6 Å². The van der Waals surface area contributed by atoms with E-state index in [1.807, 2.05) is 23.1 Å². The second kappa shape index (κ2) is 7.24. The summed E-state index contributed by atoms with van der Waals surface area (Å²) in [6.45, 7) is 1.28. The molecule has 0 aliphatic carbocycles. The summed E-state index contributed by atoms with van der Waals surface area (Å²) in [6, 6.07) is 14.8. The van der Waals surface area contributed by atoms with Crippen LogP contribution in [0.4, 0.5) is 14.6 Å². The molecule has 6 rings (SSSR count). The lowest BCUT2D eigenvalue weighted by atomic mass is 10.1. The molecule has 0 saturated carbocycles. The van der Waals surface area contributed by atoms with Crippen LogP contribution in [0.5, 0.6) is 0 Å². The quantitative estimate of drug-likeness (QED) is 0.434. The lowest BCUT2D eigenvalue weighted by Crippen LogP contribution is -2.27. The van der Waals surface area contributed by atoms with Gasteiger partial charge in [-0.3, -0.25) is 0 Å². The Morgan fingerprint density at radius 2 is 1.76 bits per heavy atom. The van der Waals surface area contributed by atoms with E-state index in [-0.39, 0.29) is 17.8 Å². The maximum Gasteiger partial charge on any atom is 0.331 e. The first-order chi connectivity index (χ1) is 16.0. The molecule has 166 valence electrons. The van der Waals surface area contributed by atoms with E-state index in [1.165, 1.54) is 16.8 Å². The fourth-order valence-electron chi connectivity index (χ4n) is 4.07. The van der Waals surface area contributed by atoms with E-state index in [2.05, 4.69) is 30.5 Å². The minimum Gasteiger partial charge on any atom is -0.350 e. The number of alkyl halides is 2. The fraction of sp³-hybridized carbons (Fsp3) is 0.273. The zero-order valence-electron chi connectivity index (χ0n) is 17.2. The molecule has 11 heteroatoms. The average molecular weight is 467 g/mol. The summed E-state index contributed by atoms with van der Waals surface area (Å²) in [5.74, 6) is -3.70. The maximum atomic E-state index is 15.5. The smallest absolute Gasteiger partial charge is 0.331 e. The third-order valence-corrected chi connectivity index (χ3v) is 6.32. The van der Waals surface area contributed by atoms with Gasteiger partial charge in [0, 0.05) is 23.6 Å². The van der Waals surface area contributed by atoms with Gasteiger partial charge in [-0.15, -0.1) is 5.10 Å². The van der Waals surface area contributed by atoms with Gasteiger partial charge in [0.15, 0.2) is 17.0 Å². The first kappa shape index (κ1) is 20.1. The van der Waals surface area contributed by atoms with Crippen LogP contribution in [0.25, 0.3) is 11.2 Å². The van der Waals surface area contributed by atoms with E-state index in [0.29, 0.717) is 35.9 Å². The third kappa shape index (κ3) is 3.41. The number of fused-ring (bicyclic) bond motifs is 1. The third-order valence-electron chi connectivity index (χ3n) is 5.95. The van der Waals surface area contributed by atoms with Crippen LogP contribution < -0.4 is 4.90 Å². The minimum atomic E-state index is -3.41. The van der Waals surface area contributed by atoms with Crippen molar-refractivity contribution >= 4 is 28.6 Å². The summed E-state index contributed by atoms with van der Waals surface area (Å²) < 4.78 is 32.5. The monoisotopic (exact) mass is 466 g/mol. The first-order valence-corrected chi connectivity index (χ1v) is 10.8. The van der Waals surface area contributed by atoms with Crippen LogP contribution in [-0.4, -0.2) is 43.7 Å². The van der Waals surface area contributed by atoms with Crippen LogP contribution in [0.2, 0.25) is 5.02 Å². The number of hydrogen-bond donors (Lipinski definition) is 0. The number of rotatable bonds is 5. The number of nitrogens with zero attached hydrogens (tertiary/aromatic N) is 8. The summed E-state index contributed by atoms with van der Waals surface area (Å²) >= 11 is 6.31. The van der Waals surface area contributed by atoms with Crippen molar-refractivity contribution in [1.29, 1.82) is 0 Å². The van der Waals surface area contributed by atoms with Crippen molar-refractivity contribution in [2.45, 2.75) is 24.6 Å². The molecule has 0 bridgehead atoms. The Morgan fingerprint density at radius 3 is 2.48 bits per heavy atom. The largest absolute Gasteiger partial charge is 0.350 e. The fourth-order valence-corrected chi connectivity index (χ4v) is 4.26. The Balaban J connectivity index is 1.50. The van der Waals surface area contributed by atoms with Crippen molar-refractivity contribution in [2.75, 3.05) is 18.0 Å². The zero-order chi connectivity index (χ0) is 22.6. The molecule has 8 nitrogen and oxygen atoms in total. The summed E-state index contributed by atoms with van der Waals surface area (Å²) in [5, 5.41) is 17.2. The van der Waals surface area contributed by atoms with Gasteiger partial charge in [-0.2, -0.15) is 19.0 Å². The lowest BCUT2D eigenvalue weighted by Gasteiger charge is -2.20. The predicted octanol–water partition coefficient (Wildman–Crippen LogP) is 4.44. The molecule has 2 aliphatic heterocycles. The van der Waals surface area contributed by atoms with Crippen LogP contribution in [0.3, 0.4) is 0 Å². The van der Waals surface area contributed by atoms with Gasteiger partial charge in [-0.1, -0.05) is 65.3 Å². The van der Waals surface area contributed by atoms with Gasteiger partial charge in [0.2, 0.25) is 11.5 Å². The van der Waals surface area contributed by atoms with Gasteiger partial charge in [-0.25, -0.2) is 14.6 Å². The van der Waals surface area contributed by atoms with E-state index in [1.54, 1.807) is 24.3 Å². The molecule has 0 atom stereocenters. The molecule has 0 amide bonds. The molecule has 0 N–H and O–H groups in total. The van der Waals surface area contributed by atoms with Gasteiger partial charge in [0.25, 0.3) is 0 Å². The molecule has 4 aromatic rings. The molecule has 1 fully saturated rings. The Hall–Kier alpha value is -3.53. The Labute approximate surface area is 191 Å². The highest BCUT2D eigenvalue weighted by atomic mass is 35.5. The van der Waals surface area contributed by atoms with E-state index >= 15 is 8.78 Å². The van der Waals surface area contributed by atoms with Crippen LogP contribution in [0.15, 0.2) is 64.8 Å². The molecule has 2 aromatic heterocycles. The highest BCUT2D eigenvalue weighted by Gasteiger charge is 2.48. The Bertz CT molecular complexity index is 1380. The van der Waals surface area contributed by atoms with Crippen molar-refractivity contribution < 1.29 is 8.78 Å². The number of benzene rings is 2. The zero-order valence-corrected chi connectivity index (χ0v) is 18.0. The highest BCUT2D eigenvalue weighted by molar-refractivity contribution is 6.31. The first-order valence-electron chi connectivity index (χ1n) is 10.4. The number of anilines is 1. The van der Waals surface area contributed by atoms with Gasteiger partial charge < -0.3 is 4.90 Å². The van der Waals surface area contributed by atoms with Gasteiger partial charge in [-0.05, 0) is 11.6 Å². The minimum absolute atomic E-state index is 0.189. The van der Waals surface area contributed by atoms with Crippen molar-refractivity contribution in [2.24, 2.45) is 10.2 Å². The number of halogens is 3. The predicted molar refractivity (Wildman–Crippen MR) is 118 cm³/mol. The van der Waals surface area contributed by atoms with Crippen molar-refractivity contribution in [3.8, 4) is 0 Å². The molecule has 1 saturated heterocycles. The molecular weight excluding hydrogens is 450 g/mol. The molecule has 1 spiro atoms. The summed E-state index contributed by atoms with van der Waals surface area (Å²) in [6.07, 6.45) is 0.705. The normalized spacial score (nSPS) is 16.8. The molecular formula is C22H17ClF2N8. The second-order valence-corrected chi connectivity index (χ2v) is 8.58. The molecule has 4 heterocycles. The van der Waals surface area contributed by atoms with Gasteiger partial charge in [0.05, 0.1) is 13.1 Å². The standard InChI is InChI=1S/C22H17ClF2N8/c23-16-9-5-4-6-14(16)12-33-19-17(28-31-33)18(32-11-10-21(13-32)29-30-21)26-20(27-19)22(24,25)15-7-2-1-3-8-15/h1-9H,10-13H2. The van der Waals surface area contributed by atoms with Crippen molar-refractivity contribution in [3.05, 3.63) is 76.6 Å². The SMILES string of the molecule is FC(F)(c1ccccc1)c1nc(N2CCC3(C2)N=N3)c2nnn(Cc3ccccc3Cl)c2n1. The topological polar surface area (TPSA) is 84.5 Å². The molecule has 0 radical (unpaired) electrons. The Kier molecular flexibility index (Phi) is 4.41. The molecule has 2 aliphatic rings. The highest BCUT2D eigenvalue weighted by Crippen LogP contribution is 2.41. The second-order valence-electron chi connectivity index (χ2n) is 8.18. The number of aromatic nitrogens is 5. The van der Waals surface area contributed by atoms with Gasteiger partial charge >= 0.3 is 5.92 Å². The summed E-state index contributed by atoms with van der Waals surface area (Å²) in [5.41, 5.74) is 0.708. The molecule has 2 aromatic carbocycles. The van der Waals surface area contributed by atoms with E-state index in [4.69, 9.17) is 11.6 Å². The van der Waals surface area contributed by atoms with E-state index < -0.39 is 17.4 Å². The van der Waals surface area contributed by atoms with Crippen LogP contribution in [0.1, 0.15) is 23.4 Å². The summed E-state index contributed by atoms with van der Waals surface area (Å²) in [4.78, 5) is 10.4. The summed E-state index contributed by atoms with van der Waals surface area (Å²) in [7, 11) is 0. The molecule has 33 heavy (non-hydrogen) atoms. The van der Waals surface area contributed by atoms with E-state index in [9.17, 15) is 0 Å². The van der Waals surface area contributed by atoms with Crippen molar-refractivity contribution in [1.82, 2.24) is 25.0 Å². The van der Waals surface area contributed by atoms with E-state index in [0.717, 1.165) is 5.56 Å². The van der Waals surface area contributed by atoms with Crippen LogP contribution in [-0.2, 0) is 12.5 Å². The Morgan fingerprint density at radius 1 is 1.00 bits per heavy atom. The van der Waals surface area contributed by atoms with Crippen molar-refractivity contribution in [3.63, 3.8) is 0 Å². The number of hydrogen-bond acceptors (Lipinski definition) is 7. The van der Waals surface area contributed by atoms with Crippen LogP contribution in [0, 0.1) is 0 Å². The molecule has 0 unspecified atom stereocenters. The lowest BCUT2D eigenvalue weighted by molar-refractivity contribution is 0.0332. The average Bonchev–Trinajstić information content (AvgIpc) is 3.27. The van der Waals surface area contributed by atoms with Gasteiger partial charge in [0.1, 0.15) is 0 Å².